The number of rotatable bonds is 6. The van der Waals surface area contributed by atoms with Crippen molar-refractivity contribution in [2.45, 2.75) is 38.6 Å². The lowest BCUT2D eigenvalue weighted by molar-refractivity contribution is -0.121. The highest BCUT2D eigenvalue weighted by Gasteiger charge is 2.22. The Morgan fingerprint density at radius 1 is 1.45 bits per heavy atom. The standard InChI is InChI=1S/C14H19N5O/c1-10-4-7-12-17-14(18-19(12)9-10)15-8-2-3-13(20)16-11-5-6-11/h4,7,9,11H,2-3,5-6,8H2,1H3,(H,15,18)(H,16,20). The molecular weight excluding hydrogens is 254 g/mol. The molecule has 0 radical (unpaired) electrons. The van der Waals surface area contributed by atoms with Crippen LogP contribution in [0.25, 0.3) is 5.65 Å². The van der Waals surface area contributed by atoms with Crippen LogP contribution in [0.5, 0.6) is 0 Å². The van der Waals surface area contributed by atoms with Gasteiger partial charge in [-0.25, -0.2) is 4.52 Å². The van der Waals surface area contributed by atoms with Gasteiger partial charge in [-0.05, 0) is 37.8 Å². The molecule has 6 nitrogen and oxygen atoms in total. The van der Waals surface area contributed by atoms with Crippen molar-refractivity contribution in [2.75, 3.05) is 11.9 Å². The molecule has 2 heterocycles. The van der Waals surface area contributed by atoms with E-state index in [-0.39, 0.29) is 5.91 Å². The zero-order valence-corrected chi connectivity index (χ0v) is 11.6. The molecule has 1 aliphatic rings. The third-order valence-electron chi connectivity index (χ3n) is 3.29. The summed E-state index contributed by atoms with van der Waals surface area (Å²) < 4.78 is 1.76. The number of aromatic nitrogens is 3. The number of aryl methyl sites for hydroxylation is 1. The van der Waals surface area contributed by atoms with Crippen LogP contribution in [0.4, 0.5) is 5.95 Å². The quantitative estimate of drug-likeness (QED) is 0.783. The van der Waals surface area contributed by atoms with E-state index in [0.717, 1.165) is 30.5 Å². The van der Waals surface area contributed by atoms with Crippen molar-refractivity contribution in [2.24, 2.45) is 0 Å². The van der Waals surface area contributed by atoms with Gasteiger partial charge in [-0.15, -0.1) is 5.10 Å². The van der Waals surface area contributed by atoms with E-state index in [1.165, 1.54) is 0 Å². The number of hydrogen-bond acceptors (Lipinski definition) is 4. The number of carbonyl (C=O) groups excluding carboxylic acids is 1. The summed E-state index contributed by atoms with van der Waals surface area (Å²) in [6.45, 7) is 2.72. The highest BCUT2D eigenvalue weighted by atomic mass is 16.1. The van der Waals surface area contributed by atoms with Crippen molar-refractivity contribution >= 4 is 17.5 Å². The monoisotopic (exact) mass is 273 g/mol. The average Bonchev–Trinajstić information content (AvgIpc) is 3.12. The highest BCUT2D eigenvalue weighted by molar-refractivity contribution is 5.76. The predicted molar refractivity (Wildman–Crippen MR) is 76.6 cm³/mol. The molecule has 0 bridgehead atoms. The fraction of sp³-hybridized carbons (Fsp3) is 0.500. The van der Waals surface area contributed by atoms with Crippen molar-refractivity contribution in [3.63, 3.8) is 0 Å². The molecule has 0 aliphatic heterocycles. The summed E-state index contributed by atoms with van der Waals surface area (Å²) >= 11 is 0. The van der Waals surface area contributed by atoms with Crippen LogP contribution in [-0.2, 0) is 4.79 Å². The van der Waals surface area contributed by atoms with E-state index in [2.05, 4.69) is 20.7 Å². The predicted octanol–water partition coefficient (Wildman–Crippen LogP) is 1.51. The fourth-order valence-corrected chi connectivity index (χ4v) is 2.04. The average molecular weight is 273 g/mol. The molecule has 0 saturated heterocycles. The van der Waals surface area contributed by atoms with Gasteiger partial charge >= 0.3 is 0 Å². The SMILES string of the molecule is Cc1ccc2nc(NCCCC(=O)NC3CC3)nn2c1. The summed E-state index contributed by atoms with van der Waals surface area (Å²) in [5, 5.41) is 10.5. The van der Waals surface area contributed by atoms with Gasteiger partial charge in [-0.2, -0.15) is 4.98 Å². The van der Waals surface area contributed by atoms with Crippen LogP contribution in [-0.4, -0.2) is 33.1 Å². The minimum Gasteiger partial charge on any atom is -0.353 e. The van der Waals surface area contributed by atoms with Gasteiger partial charge in [-0.3, -0.25) is 4.79 Å². The Morgan fingerprint density at radius 2 is 2.30 bits per heavy atom. The summed E-state index contributed by atoms with van der Waals surface area (Å²) in [5.74, 6) is 0.756. The lowest BCUT2D eigenvalue weighted by atomic mass is 10.3. The van der Waals surface area contributed by atoms with E-state index >= 15 is 0 Å². The molecule has 106 valence electrons. The molecule has 2 aromatic rings. The molecule has 0 aromatic carbocycles. The minimum absolute atomic E-state index is 0.146. The second-order valence-electron chi connectivity index (χ2n) is 5.32. The summed E-state index contributed by atoms with van der Waals surface area (Å²) in [4.78, 5) is 15.9. The molecule has 0 atom stereocenters. The van der Waals surface area contributed by atoms with Crippen molar-refractivity contribution in [3.8, 4) is 0 Å². The van der Waals surface area contributed by atoms with Crippen molar-refractivity contribution in [1.82, 2.24) is 19.9 Å². The van der Waals surface area contributed by atoms with Crippen LogP contribution in [0, 0.1) is 6.92 Å². The molecule has 20 heavy (non-hydrogen) atoms. The lowest BCUT2D eigenvalue weighted by Crippen LogP contribution is -2.25. The third-order valence-corrected chi connectivity index (χ3v) is 3.29. The number of amides is 1. The zero-order valence-electron chi connectivity index (χ0n) is 11.6. The highest BCUT2D eigenvalue weighted by Crippen LogP contribution is 2.18. The molecule has 6 heteroatoms. The van der Waals surface area contributed by atoms with Crippen molar-refractivity contribution < 1.29 is 4.79 Å². The molecule has 0 spiro atoms. The van der Waals surface area contributed by atoms with Crippen molar-refractivity contribution in [1.29, 1.82) is 0 Å². The summed E-state index contributed by atoms with van der Waals surface area (Å²) in [6.07, 6.45) is 5.54. The van der Waals surface area contributed by atoms with Gasteiger partial charge in [0.25, 0.3) is 0 Å². The van der Waals surface area contributed by atoms with Crippen LogP contribution in [0.15, 0.2) is 18.3 Å². The molecule has 2 N–H and O–H groups in total. The van der Waals surface area contributed by atoms with Gasteiger partial charge < -0.3 is 10.6 Å². The second kappa shape index (κ2) is 5.48. The lowest BCUT2D eigenvalue weighted by Gasteiger charge is -2.03. The van der Waals surface area contributed by atoms with Gasteiger partial charge in [-0.1, -0.05) is 6.07 Å². The maximum atomic E-state index is 11.5. The van der Waals surface area contributed by atoms with Crippen molar-refractivity contribution in [3.05, 3.63) is 23.9 Å². The number of pyridine rings is 1. The largest absolute Gasteiger partial charge is 0.353 e. The first-order valence-electron chi connectivity index (χ1n) is 7.07. The van der Waals surface area contributed by atoms with Crippen LogP contribution < -0.4 is 10.6 Å². The minimum atomic E-state index is 0.146. The maximum Gasteiger partial charge on any atom is 0.243 e. The van der Waals surface area contributed by atoms with Crippen LogP contribution in [0.1, 0.15) is 31.2 Å². The number of nitrogens with zero attached hydrogens (tertiary/aromatic N) is 3. The van der Waals surface area contributed by atoms with Crippen LogP contribution in [0.3, 0.4) is 0 Å². The topological polar surface area (TPSA) is 71.3 Å². The van der Waals surface area contributed by atoms with E-state index in [0.29, 0.717) is 25.0 Å². The fourth-order valence-electron chi connectivity index (χ4n) is 2.04. The molecule has 1 amide bonds. The maximum absolute atomic E-state index is 11.5. The first-order chi connectivity index (χ1) is 9.70. The van der Waals surface area contributed by atoms with Gasteiger partial charge in [0.2, 0.25) is 11.9 Å². The van der Waals surface area contributed by atoms with Gasteiger partial charge in [0.1, 0.15) is 0 Å². The number of hydrogen-bond donors (Lipinski definition) is 2. The van der Waals surface area contributed by atoms with Crippen LogP contribution in [0.2, 0.25) is 0 Å². The molecule has 1 saturated carbocycles. The zero-order chi connectivity index (χ0) is 13.9. The number of anilines is 1. The molecule has 3 rings (SSSR count). The summed E-state index contributed by atoms with van der Waals surface area (Å²) in [5.41, 5.74) is 1.97. The number of fused-ring (bicyclic) bond motifs is 1. The third kappa shape index (κ3) is 3.26. The Kier molecular flexibility index (Phi) is 3.54. The normalized spacial score (nSPS) is 14.4. The molecule has 1 aliphatic carbocycles. The molecular formula is C14H19N5O. The summed E-state index contributed by atoms with van der Waals surface area (Å²) in [6, 6.07) is 4.39. The number of nitrogens with one attached hydrogen (secondary N) is 2. The van der Waals surface area contributed by atoms with E-state index in [1.54, 1.807) is 4.52 Å². The summed E-state index contributed by atoms with van der Waals surface area (Å²) in [7, 11) is 0. The number of carbonyl (C=O) groups is 1. The molecule has 0 unspecified atom stereocenters. The van der Waals surface area contributed by atoms with E-state index in [9.17, 15) is 4.79 Å². The Labute approximate surface area is 117 Å². The Bertz CT molecular complexity index is 617. The Morgan fingerprint density at radius 3 is 3.10 bits per heavy atom. The molecule has 2 aromatic heterocycles. The van der Waals surface area contributed by atoms with E-state index < -0.39 is 0 Å². The van der Waals surface area contributed by atoms with Crippen LogP contribution >= 0.6 is 0 Å². The second-order valence-corrected chi connectivity index (χ2v) is 5.32. The first kappa shape index (κ1) is 12.9. The van der Waals surface area contributed by atoms with Gasteiger partial charge in [0.15, 0.2) is 5.65 Å². The molecule has 1 fully saturated rings. The van der Waals surface area contributed by atoms with Gasteiger partial charge in [0, 0.05) is 25.2 Å². The smallest absolute Gasteiger partial charge is 0.243 e. The Hall–Kier alpha value is -2.11. The van der Waals surface area contributed by atoms with E-state index in [4.69, 9.17) is 0 Å². The Balaban J connectivity index is 1.45. The van der Waals surface area contributed by atoms with Gasteiger partial charge in [0.05, 0.1) is 0 Å². The van der Waals surface area contributed by atoms with E-state index in [1.807, 2.05) is 25.3 Å². The first-order valence-corrected chi connectivity index (χ1v) is 7.07.